The second-order valence-electron chi connectivity index (χ2n) is 16.1. The molecule has 2 nitrogen and oxygen atoms in total. The third kappa shape index (κ3) is 4.28. The lowest BCUT2D eigenvalue weighted by Gasteiger charge is -2.31. The molecule has 2 aliphatic rings. The van der Waals surface area contributed by atoms with Gasteiger partial charge in [0.05, 0.1) is 11.4 Å². The van der Waals surface area contributed by atoms with Crippen LogP contribution >= 0.6 is 0 Å². The van der Waals surface area contributed by atoms with E-state index in [1.54, 1.807) is 0 Å². The fraction of sp³-hybridized carbons (Fsp3) is 0.115. The molecule has 2 heteroatoms. The summed E-state index contributed by atoms with van der Waals surface area (Å²) < 4.78 is 6.26. The van der Waals surface area contributed by atoms with Gasteiger partial charge in [-0.1, -0.05) is 143 Å². The van der Waals surface area contributed by atoms with Gasteiger partial charge < -0.3 is 9.32 Å². The molecule has 1 heterocycles. The molecule has 11 rings (SSSR count). The first-order chi connectivity index (χ1) is 26.3. The third-order valence-corrected chi connectivity index (χ3v) is 12.4. The summed E-state index contributed by atoms with van der Waals surface area (Å²) in [4.78, 5) is 2.52. The largest absolute Gasteiger partial charge is 0.456 e. The molecule has 0 bridgehead atoms. The van der Waals surface area contributed by atoms with E-state index in [1.165, 1.54) is 77.8 Å². The second-order valence-corrected chi connectivity index (χ2v) is 16.1. The highest BCUT2D eigenvalue weighted by atomic mass is 16.3. The lowest BCUT2D eigenvalue weighted by atomic mass is 9.82. The smallest absolute Gasteiger partial charge is 0.136 e. The SMILES string of the molecule is CC1(C)c2ccccc2-c2c(N(c3ccc(-c4ccc5cc6c(cc5c4)oc4ccccc46)cc3)c3cccc4c3-c3ccccc3C4(C)C)cccc21. The van der Waals surface area contributed by atoms with E-state index in [0.29, 0.717) is 0 Å². The molecule has 8 aromatic carbocycles. The monoisotopic (exact) mass is 693 g/mol. The molecule has 0 radical (unpaired) electrons. The fourth-order valence-corrected chi connectivity index (χ4v) is 9.70. The second kappa shape index (κ2) is 11.1. The zero-order chi connectivity index (χ0) is 36.3. The van der Waals surface area contributed by atoms with Crippen LogP contribution in [-0.4, -0.2) is 0 Å². The molecule has 0 amide bonds. The lowest BCUT2D eigenvalue weighted by Crippen LogP contribution is -2.17. The van der Waals surface area contributed by atoms with Crippen molar-refractivity contribution in [2.75, 3.05) is 4.90 Å². The number of anilines is 3. The zero-order valence-corrected chi connectivity index (χ0v) is 30.9. The molecule has 9 aromatic rings. The number of benzene rings is 8. The van der Waals surface area contributed by atoms with Crippen LogP contribution in [0, 0.1) is 0 Å². The van der Waals surface area contributed by atoms with Crippen LogP contribution in [0.4, 0.5) is 17.1 Å². The first-order valence-corrected chi connectivity index (χ1v) is 19.0. The first-order valence-electron chi connectivity index (χ1n) is 19.0. The maximum Gasteiger partial charge on any atom is 0.136 e. The molecule has 258 valence electrons. The van der Waals surface area contributed by atoms with E-state index >= 15 is 0 Å². The Kier molecular flexibility index (Phi) is 6.39. The van der Waals surface area contributed by atoms with Gasteiger partial charge in [-0.2, -0.15) is 0 Å². The van der Waals surface area contributed by atoms with Crippen LogP contribution in [0.25, 0.3) is 66.1 Å². The minimum atomic E-state index is -0.102. The van der Waals surface area contributed by atoms with E-state index in [9.17, 15) is 0 Å². The first kappa shape index (κ1) is 31.2. The van der Waals surface area contributed by atoms with E-state index < -0.39 is 0 Å². The number of para-hydroxylation sites is 1. The predicted octanol–water partition coefficient (Wildman–Crippen LogP) is 14.5. The molecule has 2 aliphatic carbocycles. The van der Waals surface area contributed by atoms with E-state index in [-0.39, 0.29) is 10.8 Å². The Balaban J connectivity index is 1.10. The van der Waals surface area contributed by atoms with Crippen LogP contribution < -0.4 is 4.90 Å². The maximum atomic E-state index is 6.26. The van der Waals surface area contributed by atoms with Gasteiger partial charge in [0.15, 0.2) is 0 Å². The van der Waals surface area contributed by atoms with Crippen LogP contribution in [0.15, 0.2) is 168 Å². The highest BCUT2D eigenvalue weighted by Crippen LogP contribution is 2.58. The van der Waals surface area contributed by atoms with Gasteiger partial charge in [-0.25, -0.2) is 0 Å². The number of hydrogen-bond acceptors (Lipinski definition) is 2. The van der Waals surface area contributed by atoms with Crippen molar-refractivity contribution in [3.8, 4) is 33.4 Å². The van der Waals surface area contributed by atoms with Gasteiger partial charge in [-0.15, -0.1) is 0 Å². The summed E-state index contributed by atoms with van der Waals surface area (Å²) in [5.41, 5.74) is 18.3. The van der Waals surface area contributed by atoms with E-state index in [4.69, 9.17) is 4.42 Å². The molecule has 54 heavy (non-hydrogen) atoms. The summed E-state index contributed by atoms with van der Waals surface area (Å²) in [7, 11) is 0. The molecular weight excluding hydrogens is 655 g/mol. The van der Waals surface area contributed by atoms with Gasteiger partial charge in [0.25, 0.3) is 0 Å². The number of fused-ring (bicyclic) bond motifs is 10. The van der Waals surface area contributed by atoms with E-state index in [0.717, 1.165) is 27.6 Å². The minimum absolute atomic E-state index is 0.102. The Morgan fingerprint density at radius 1 is 0.407 bits per heavy atom. The average Bonchev–Trinajstić information content (AvgIpc) is 3.77. The third-order valence-electron chi connectivity index (χ3n) is 12.4. The predicted molar refractivity (Wildman–Crippen MR) is 226 cm³/mol. The molecule has 1 aromatic heterocycles. The molecule has 0 fully saturated rings. The normalized spacial score (nSPS) is 14.6. The fourth-order valence-electron chi connectivity index (χ4n) is 9.70. The van der Waals surface area contributed by atoms with Gasteiger partial charge in [0, 0.05) is 38.4 Å². The Hall–Kier alpha value is -6.38. The summed E-state index contributed by atoms with van der Waals surface area (Å²) in [5, 5.41) is 4.70. The van der Waals surface area contributed by atoms with Crippen molar-refractivity contribution >= 4 is 49.8 Å². The number of nitrogens with zero attached hydrogens (tertiary/aromatic N) is 1. The number of hydrogen-bond donors (Lipinski definition) is 0. The molecule has 0 saturated carbocycles. The zero-order valence-electron chi connectivity index (χ0n) is 30.9. The van der Waals surface area contributed by atoms with Crippen LogP contribution in [-0.2, 0) is 10.8 Å². The quantitative estimate of drug-likeness (QED) is 0.182. The van der Waals surface area contributed by atoms with Crippen molar-refractivity contribution < 1.29 is 4.42 Å². The van der Waals surface area contributed by atoms with Crippen molar-refractivity contribution in [2.24, 2.45) is 0 Å². The molecule has 0 aliphatic heterocycles. The Bertz CT molecular complexity index is 2890. The molecule has 0 atom stereocenters. The molecular formula is C52H39NO. The van der Waals surface area contributed by atoms with Crippen molar-refractivity contribution in [3.63, 3.8) is 0 Å². The minimum Gasteiger partial charge on any atom is -0.456 e. The molecule has 0 saturated heterocycles. The van der Waals surface area contributed by atoms with E-state index in [1.807, 2.05) is 12.1 Å². The summed E-state index contributed by atoms with van der Waals surface area (Å²) in [5.74, 6) is 0. The molecule has 0 unspecified atom stereocenters. The topological polar surface area (TPSA) is 16.4 Å². The van der Waals surface area contributed by atoms with Crippen molar-refractivity contribution in [3.05, 3.63) is 186 Å². The maximum absolute atomic E-state index is 6.26. The number of rotatable bonds is 4. The van der Waals surface area contributed by atoms with Crippen LogP contribution in [0.3, 0.4) is 0 Å². The van der Waals surface area contributed by atoms with Gasteiger partial charge in [0.2, 0.25) is 0 Å². The highest BCUT2D eigenvalue weighted by molar-refractivity contribution is 6.10. The van der Waals surface area contributed by atoms with Gasteiger partial charge in [-0.3, -0.25) is 0 Å². The van der Waals surface area contributed by atoms with Gasteiger partial charge >= 0.3 is 0 Å². The van der Waals surface area contributed by atoms with Gasteiger partial charge in [0.1, 0.15) is 11.2 Å². The van der Waals surface area contributed by atoms with Crippen molar-refractivity contribution in [2.45, 2.75) is 38.5 Å². The summed E-state index contributed by atoms with van der Waals surface area (Å²) in [6.45, 7) is 9.45. The Morgan fingerprint density at radius 2 is 0.963 bits per heavy atom. The highest BCUT2D eigenvalue weighted by Gasteiger charge is 2.40. The van der Waals surface area contributed by atoms with Crippen LogP contribution in [0.1, 0.15) is 49.9 Å². The van der Waals surface area contributed by atoms with Gasteiger partial charge in [-0.05, 0) is 104 Å². The summed E-state index contributed by atoms with van der Waals surface area (Å²) in [6, 6.07) is 60.4. The average molecular weight is 694 g/mol. The van der Waals surface area contributed by atoms with Crippen LogP contribution in [0.2, 0.25) is 0 Å². The van der Waals surface area contributed by atoms with E-state index in [2.05, 4.69) is 184 Å². The van der Waals surface area contributed by atoms with Crippen molar-refractivity contribution in [1.82, 2.24) is 0 Å². The Labute approximate surface area is 315 Å². The Morgan fingerprint density at radius 3 is 1.61 bits per heavy atom. The van der Waals surface area contributed by atoms with Crippen molar-refractivity contribution in [1.29, 1.82) is 0 Å². The van der Waals surface area contributed by atoms with Crippen LogP contribution in [0.5, 0.6) is 0 Å². The summed E-state index contributed by atoms with van der Waals surface area (Å²) in [6.07, 6.45) is 0. The molecule has 0 spiro atoms. The molecule has 0 N–H and O–H groups in total. The number of furan rings is 1. The standard InChI is InChI=1S/C52H39NO/c1-51(2)41-16-8-5-14-38(41)49-43(51)18-11-20-45(49)53(46-21-12-19-44-50(46)39-15-6-9-17-42(39)52(44,3)4)36-27-25-32(26-28-36)33-23-24-34-30-40-37-13-7-10-22-47(37)54-48(40)31-35(34)29-33/h5-31H,1-4H3. The summed E-state index contributed by atoms with van der Waals surface area (Å²) >= 11 is 0. The lowest BCUT2D eigenvalue weighted by molar-refractivity contribution is 0.660.